The Kier molecular flexibility index (Phi) is 4.09. The van der Waals surface area contributed by atoms with Gasteiger partial charge in [0.25, 0.3) is 0 Å². The standard InChI is InChI=1S/C11H12N8OS/c12-7-2-1-5(3-16-10(15)20)8(18-7)6-4-21-11(17-6)19-9(13)14/h1-4H,(H2,12,18)(H2,15,20)(H4,13,14,17,19)/b16-3+. The number of carbonyl (C=O) groups is 1. The van der Waals surface area contributed by atoms with Gasteiger partial charge in [0.05, 0.1) is 0 Å². The lowest BCUT2D eigenvalue weighted by Crippen LogP contribution is -2.21. The predicted molar refractivity (Wildman–Crippen MR) is 82.4 cm³/mol. The van der Waals surface area contributed by atoms with Gasteiger partial charge in [0.2, 0.25) is 5.13 Å². The van der Waals surface area contributed by atoms with Crippen LogP contribution in [0.5, 0.6) is 0 Å². The zero-order valence-corrected chi connectivity index (χ0v) is 11.5. The zero-order valence-electron chi connectivity index (χ0n) is 10.7. The lowest BCUT2D eigenvalue weighted by Gasteiger charge is -2.02. The predicted octanol–water partition coefficient (Wildman–Crippen LogP) is 0.190. The number of aliphatic imine (C=N–C) groups is 2. The maximum atomic E-state index is 10.7. The second-order valence-electron chi connectivity index (χ2n) is 3.82. The minimum Gasteiger partial charge on any atom is -0.384 e. The molecule has 0 fully saturated rings. The molecule has 10 heteroatoms. The van der Waals surface area contributed by atoms with Gasteiger partial charge >= 0.3 is 6.03 Å². The van der Waals surface area contributed by atoms with Gasteiger partial charge in [-0.05, 0) is 12.1 Å². The first-order valence-electron chi connectivity index (χ1n) is 5.61. The Morgan fingerprint density at radius 3 is 2.67 bits per heavy atom. The van der Waals surface area contributed by atoms with Gasteiger partial charge in [-0.3, -0.25) is 0 Å². The van der Waals surface area contributed by atoms with E-state index >= 15 is 0 Å². The molecule has 9 nitrogen and oxygen atoms in total. The summed E-state index contributed by atoms with van der Waals surface area (Å²) in [6, 6.07) is 2.43. The van der Waals surface area contributed by atoms with Crippen LogP contribution in [0.25, 0.3) is 11.4 Å². The number of carbonyl (C=O) groups excluding carboxylic acids is 1. The van der Waals surface area contributed by atoms with E-state index in [2.05, 4.69) is 20.0 Å². The van der Waals surface area contributed by atoms with Crippen LogP contribution < -0.4 is 22.9 Å². The number of nitrogens with two attached hydrogens (primary N) is 4. The number of amides is 2. The highest BCUT2D eigenvalue weighted by molar-refractivity contribution is 7.13. The Morgan fingerprint density at radius 1 is 1.24 bits per heavy atom. The molecule has 2 rings (SSSR count). The number of pyridine rings is 1. The Hall–Kier alpha value is -3.01. The van der Waals surface area contributed by atoms with Gasteiger partial charge in [-0.15, -0.1) is 11.3 Å². The van der Waals surface area contributed by atoms with Crippen molar-refractivity contribution in [2.24, 2.45) is 27.2 Å². The first kappa shape index (κ1) is 14.4. The fraction of sp³-hybridized carbons (Fsp3) is 0. The van der Waals surface area contributed by atoms with E-state index in [1.165, 1.54) is 17.6 Å². The average molecular weight is 304 g/mol. The summed E-state index contributed by atoms with van der Waals surface area (Å²) in [5, 5.41) is 2.09. The molecule has 2 heterocycles. The Bertz CT molecular complexity index is 732. The van der Waals surface area contributed by atoms with E-state index in [0.29, 0.717) is 27.9 Å². The van der Waals surface area contributed by atoms with Gasteiger partial charge in [0.1, 0.15) is 17.2 Å². The SMILES string of the molecule is NC(=O)/N=C/c1ccc(N)nc1-c1csc(N=C(N)N)n1. The van der Waals surface area contributed by atoms with Crippen LogP contribution in [0.1, 0.15) is 5.56 Å². The molecule has 0 aliphatic carbocycles. The zero-order chi connectivity index (χ0) is 15.4. The molecule has 0 atom stereocenters. The van der Waals surface area contributed by atoms with Gasteiger partial charge in [-0.2, -0.15) is 4.99 Å². The van der Waals surface area contributed by atoms with E-state index in [1.807, 2.05) is 0 Å². The van der Waals surface area contributed by atoms with Crippen molar-refractivity contribution in [1.82, 2.24) is 9.97 Å². The molecule has 0 aromatic carbocycles. The molecular formula is C11H12N8OS. The van der Waals surface area contributed by atoms with Crippen LogP contribution >= 0.6 is 11.3 Å². The number of thiazole rings is 1. The maximum absolute atomic E-state index is 10.7. The van der Waals surface area contributed by atoms with Crippen molar-refractivity contribution < 1.29 is 4.79 Å². The quantitative estimate of drug-likeness (QED) is 0.465. The fourth-order valence-corrected chi connectivity index (χ4v) is 2.15. The highest BCUT2D eigenvalue weighted by Gasteiger charge is 2.11. The first-order valence-corrected chi connectivity index (χ1v) is 6.49. The number of guanidine groups is 1. The van der Waals surface area contributed by atoms with E-state index in [1.54, 1.807) is 17.5 Å². The van der Waals surface area contributed by atoms with Crippen LogP contribution in [0.4, 0.5) is 15.7 Å². The molecule has 0 aliphatic heterocycles. The maximum Gasteiger partial charge on any atom is 0.338 e. The van der Waals surface area contributed by atoms with Crippen molar-refractivity contribution in [3.63, 3.8) is 0 Å². The van der Waals surface area contributed by atoms with Crippen LogP contribution in [0.3, 0.4) is 0 Å². The summed E-state index contributed by atoms with van der Waals surface area (Å²) in [5.41, 5.74) is 22.7. The van der Waals surface area contributed by atoms with Crippen molar-refractivity contribution in [3.05, 3.63) is 23.1 Å². The molecule has 0 aliphatic rings. The Morgan fingerprint density at radius 2 is 2.00 bits per heavy atom. The van der Waals surface area contributed by atoms with Crippen molar-refractivity contribution in [3.8, 4) is 11.4 Å². The lowest BCUT2D eigenvalue weighted by molar-refractivity contribution is 0.257. The van der Waals surface area contributed by atoms with Gasteiger partial charge in [-0.25, -0.2) is 19.8 Å². The third-order valence-electron chi connectivity index (χ3n) is 2.24. The molecule has 2 aromatic rings. The molecule has 2 amide bonds. The summed E-state index contributed by atoms with van der Waals surface area (Å²) in [6.07, 6.45) is 1.30. The third-order valence-corrected chi connectivity index (χ3v) is 2.97. The largest absolute Gasteiger partial charge is 0.384 e. The van der Waals surface area contributed by atoms with Crippen molar-refractivity contribution in [2.45, 2.75) is 0 Å². The van der Waals surface area contributed by atoms with Gasteiger partial charge in [-0.1, -0.05) is 0 Å². The van der Waals surface area contributed by atoms with Crippen molar-refractivity contribution in [1.29, 1.82) is 0 Å². The van der Waals surface area contributed by atoms with E-state index < -0.39 is 6.03 Å². The fourth-order valence-electron chi connectivity index (χ4n) is 1.46. The smallest absolute Gasteiger partial charge is 0.338 e. The first-order chi connectivity index (χ1) is 9.95. The molecule has 2 aromatic heterocycles. The van der Waals surface area contributed by atoms with E-state index in [0.717, 1.165) is 0 Å². The number of primary amides is 1. The molecule has 8 N–H and O–H groups in total. The highest BCUT2D eigenvalue weighted by atomic mass is 32.1. The second-order valence-corrected chi connectivity index (χ2v) is 4.66. The molecule has 108 valence electrons. The summed E-state index contributed by atoms with van der Waals surface area (Å²) in [7, 11) is 0. The highest BCUT2D eigenvalue weighted by Crippen LogP contribution is 2.27. The summed E-state index contributed by atoms with van der Waals surface area (Å²) >= 11 is 1.24. The summed E-state index contributed by atoms with van der Waals surface area (Å²) < 4.78 is 0. The minimum atomic E-state index is -0.808. The molecule has 0 bridgehead atoms. The molecule has 0 radical (unpaired) electrons. The number of hydrogen-bond acceptors (Lipinski definition) is 6. The minimum absolute atomic E-state index is 0.0908. The summed E-state index contributed by atoms with van der Waals surface area (Å²) in [4.78, 5) is 26.5. The van der Waals surface area contributed by atoms with Gasteiger partial charge < -0.3 is 22.9 Å². The lowest BCUT2D eigenvalue weighted by atomic mass is 10.1. The summed E-state index contributed by atoms with van der Waals surface area (Å²) in [5.74, 6) is 0.213. The summed E-state index contributed by atoms with van der Waals surface area (Å²) in [6.45, 7) is 0. The van der Waals surface area contributed by atoms with Crippen LogP contribution in [0, 0.1) is 0 Å². The Balaban J connectivity index is 2.47. The van der Waals surface area contributed by atoms with Crippen LogP contribution in [0.2, 0.25) is 0 Å². The number of nitrogens with zero attached hydrogens (tertiary/aromatic N) is 4. The normalized spacial score (nSPS) is 10.7. The van der Waals surface area contributed by atoms with E-state index in [4.69, 9.17) is 22.9 Å². The third kappa shape index (κ3) is 3.73. The molecule has 0 saturated carbocycles. The van der Waals surface area contributed by atoms with Crippen LogP contribution in [-0.2, 0) is 0 Å². The van der Waals surface area contributed by atoms with Gasteiger partial charge in [0.15, 0.2) is 5.96 Å². The van der Waals surface area contributed by atoms with Crippen molar-refractivity contribution >= 4 is 40.5 Å². The monoisotopic (exact) mass is 304 g/mol. The molecule has 0 saturated heterocycles. The van der Waals surface area contributed by atoms with Crippen LogP contribution in [-0.4, -0.2) is 28.2 Å². The van der Waals surface area contributed by atoms with E-state index in [9.17, 15) is 4.79 Å². The molecule has 0 unspecified atom stereocenters. The van der Waals surface area contributed by atoms with Crippen molar-refractivity contribution in [2.75, 3.05) is 5.73 Å². The van der Waals surface area contributed by atoms with E-state index in [-0.39, 0.29) is 5.96 Å². The van der Waals surface area contributed by atoms with Crippen LogP contribution in [0.15, 0.2) is 27.5 Å². The van der Waals surface area contributed by atoms with Gasteiger partial charge in [0, 0.05) is 17.2 Å². The number of urea groups is 1. The molecule has 0 spiro atoms. The number of aromatic nitrogens is 2. The second kappa shape index (κ2) is 5.96. The number of hydrogen-bond donors (Lipinski definition) is 4. The Labute approximate surface area is 123 Å². The molecule has 21 heavy (non-hydrogen) atoms. The average Bonchev–Trinajstić information content (AvgIpc) is 2.84. The topological polar surface area (TPSA) is 172 Å². The molecular weight excluding hydrogens is 292 g/mol. The number of rotatable bonds is 3. The number of nitrogen functional groups attached to an aromatic ring is 1. The number of anilines is 1.